The molecule has 1 amide bonds. The van der Waals surface area contributed by atoms with Crippen LogP contribution >= 0.6 is 22.7 Å². The Morgan fingerprint density at radius 2 is 2.35 bits per heavy atom. The molecule has 2 N–H and O–H groups in total. The average Bonchev–Trinajstić information content (AvgIpc) is 3.09. The zero-order valence-corrected chi connectivity index (χ0v) is 12.8. The number of nitrogens with zero attached hydrogens (tertiary/aromatic N) is 2. The van der Waals surface area contributed by atoms with Crippen molar-refractivity contribution in [1.29, 1.82) is 0 Å². The quantitative estimate of drug-likeness (QED) is 0.800. The Kier molecular flexibility index (Phi) is 5.46. The molecule has 0 fully saturated rings. The van der Waals surface area contributed by atoms with Crippen LogP contribution in [0.25, 0.3) is 0 Å². The van der Waals surface area contributed by atoms with Crippen LogP contribution in [0.3, 0.4) is 0 Å². The fourth-order valence-corrected chi connectivity index (χ4v) is 3.28. The Morgan fingerprint density at radius 3 is 3.00 bits per heavy atom. The van der Waals surface area contributed by atoms with E-state index in [1.807, 2.05) is 17.5 Å². The highest BCUT2D eigenvalue weighted by Crippen LogP contribution is 2.16. The maximum absolute atomic E-state index is 12.5. The van der Waals surface area contributed by atoms with Gasteiger partial charge in [-0.25, -0.2) is 4.98 Å². The third-order valence-corrected chi connectivity index (χ3v) is 4.46. The lowest BCUT2D eigenvalue weighted by Crippen LogP contribution is -2.30. The maximum atomic E-state index is 12.5. The van der Waals surface area contributed by atoms with Gasteiger partial charge in [-0.2, -0.15) is 0 Å². The van der Waals surface area contributed by atoms with Gasteiger partial charge in [0.25, 0.3) is 5.91 Å². The van der Waals surface area contributed by atoms with E-state index >= 15 is 0 Å². The van der Waals surface area contributed by atoms with E-state index in [0.29, 0.717) is 31.7 Å². The molecule has 0 aliphatic carbocycles. The van der Waals surface area contributed by atoms with Crippen molar-refractivity contribution in [2.75, 3.05) is 13.1 Å². The van der Waals surface area contributed by atoms with Gasteiger partial charge in [0, 0.05) is 23.2 Å². The SMILES string of the molecule is C=CCN(Cc1cccs1)C(=O)c1csc(CCN)n1. The molecule has 4 nitrogen and oxygen atoms in total. The smallest absolute Gasteiger partial charge is 0.273 e. The van der Waals surface area contributed by atoms with Gasteiger partial charge in [-0.1, -0.05) is 12.1 Å². The Morgan fingerprint density at radius 1 is 1.50 bits per heavy atom. The van der Waals surface area contributed by atoms with Crippen molar-refractivity contribution < 1.29 is 4.79 Å². The standard InChI is InChI=1S/C14H17N3OS2/c1-2-7-17(9-11-4-3-8-19-11)14(18)12-10-20-13(16-12)5-6-15/h2-4,8,10H,1,5-7,9,15H2. The molecular formula is C14H17N3OS2. The van der Waals surface area contributed by atoms with E-state index in [4.69, 9.17) is 5.73 Å². The summed E-state index contributed by atoms with van der Waals surface area (Å²) in [5, 5.41) is 4.72. The predicted molar refractivity (Wildman–Crippen MR) is 84.1 cm³/mol. The van der Waals surface area contributed by atoms with E-state index in [9.17, 15) is 4.79 Å². The van der Waals surface area contributed by atoms with Crippen LogP contribution in [0.5, 0.6) is 0 Å². The molecule has 2 aromatic heterocycles. The molecule has 106 valence electrons. The summed E-state index contributed by atoms with van der Waals surface area (Å²) in [6.45, 7) is 5.37. The highest BCUT2D eigenvalue weighted by molar-refractivity contribution is 7.10. The molecule has 0 saturated heterocycles. The fourth-order valence-electron chi connectivity index (χ4n) is 1.78. The number of carbonyl (C=O) groups excluding carboxylic acids is 1. The summed E-state index contributed by atoms with van der Waals surface area (Å²) in [5.74, 6) is -0.0576. The third kappa shape index (κ3) is 3.75. The molecule has 0 aromatic carbocycles. The Labute approximate surface area is 126 Å². The van der Waals surface area contributed by atoms with Crippen molar-refractivity contribution >= 4 is 28.6 Å². The number of nitrogens with two attached hydrogens (primary N) is 1. The van der Waals surface area contributed by atoms with Crippen LogP contribution in [0.4, 0.5) is 0 Å². The van der Waals surface area contributed by atoms with Crippen LogP contribution < -0.4 is 5.73 Å². The molecule has 0 aliphatic rings. The van der Waals surface area contributed by atoms with Crippen LogP contribution in [-0.2, 0) is 13.0 Å². The molecule has 0 bridgehead atoms. The van der Waals surface area contributed by atoms with Crippen LogP contribution in [-0.4, -0.2) is 28.9 Å². The van der Waals surface area contributed by atoms with Gasteiger partial charge in [-0.05, 0) is 18.0 Å². The Hall–Kier alpha value is -1.50. The second-order valence-electron chi connectivity index (χ2n) is 4.22. The largest absolute Gasteiger partial charge is 0.330 e. The zero-order valence-electron chi connectivity index (χ0n) is 11.1. The van der Waals surface area contributed by atoms with E-state index in [0.717, 1.165) is 9.88 Å². The Bertz CT molecular complexity index is 563. The molecule has 2 rings (SSSR count). The molecule has 2 heterocycles. The molecule has 20 heavy (non-hydrogen) atoms. The second kappa shape index (κ2) is 7.33. The van der Waals surface area contributed by atoms with Crippen molar-refractivity contribution in [3.63, 3.8) is 0 Å². The summed E-state index contributed by atoms with van der Waals surface area (Å²) in [6.07, 6.45) is 2.45. The van der Waals surface area contributed by atoms with E-state index < -0.39 is 0 Å². The molecular weight excluding hydrogens is 290 g/mol. The lowest BCUT2D eigenvalue weighted by Gasteiger charge is -2.19. The molecule has 0 spiro atoms. The van der Waals surface area contributed by atoms with Crippen molar-refractivity contribution in [2.24, 2.45) is 5.73 Å². The first-order valence-electron chi connectivity index (χ1n) is 6.31. The van der Waals surface area contributed by atoms with Crippen molar-refractivity contribution in [1.82, 2.24) is 9.88 Å². The molecule has 0 radical (unpaired) electrons. The molecule has 0 atom stereocenters. The van der Waals surface area contributed by atoms with Gasteiger partial charge in [-0.3, -0.25) is 4.79 Å². The van der Waals surface area contributed by atoms with Crippen LogP contribution in [0, 0.1) is 0 Å². The first-order valence-corrected chi connectivity index (χ1v) is 8.07. The minimum absolute atomic E-state index is 0.0576. The minimum atomic E-state index is -0.0576. The molecule has 0 saturated carbocycles. The summed E-state index contributed by atoms with van der Waals surface area (Å²) < 4.78 is 0. The Balaban J connectivity index is 2.10. The van der Waals surface area contributed by atoms with Crippen molar-refractivity contribution in [3.8, 4) is 0 Å². The number of aromatic nitrogens is 1. The minimum Gasteiger partial charge on any atom is -0.330 e. The molecule has 2 aromatic rings. The van der Waals surface area contributed by atoms with Crippen molar-refractivity contribution in [2.45, 2.75) is 13.0 Å². The van der Waals surface area contributed by atoms with Gasteiger partial charge >= 0.3 is 0 Å². The number of thiazole rings is 1. The van der Waals surface area contributed by atoms with Crippen molar-refractivity contribution in [3.05, 3.63) is 51.1 Å². The lowest BCUT2D eigenvalue weighted by molar-refractivity contribution is 0.0759. The first-order chi connectivity index (χ1) is 9.74. The average molecular weight is 307 g/mol. The number of carbonyl (C=O) groups is 1. The third-order valence-electron chi connectivity index (χ3n) is 2.69. The molecule has 0 unspecified atom stereocenters. The molecule has 0 aliphatic heterocycles. The second-order valence-corrected chi connectivity index (χ2v) is 6.19. The number of thiophene rings is 1. The zero-order chi connectivity index (χ0) is 14.4. The van der Waals surface area contributed by atoms with Gasteiger partial charge in [0.05, 0.1) is 11.6 Å². The van der Waals surface area contributed by atoms with Gasteiger partial charge in [0.1, 0.15) is 5.69 Å². The summed E-state index contributed by atoms with van der Waals surface area (Å²) >= 11 is 3.12. The highest BCUT2D eigenvalue weighted by atomic mass is 32.1. The number of rotatable bonds is 7. The van der Waals surface area contributed by atoms with E-state index in [1.54, 1.807) is 27.7 Å². The first kappa shape index (κ1) is 14.9. The van der Waals surface area contributed by atoms with Gasteiger partial charge in [0.2, 0.25) is 0 Å². The fraction of sp³-hybridized carbons (Fsp3) is 0.286. The normalized spacial score (nSPS) is 10.4. The van der Waals surface area contributed by atoms with Crippen LogP contribution in [0.1, 0.15) is 20.4 Å². The number of amides is 1. The summed E-state index contributed by atoms with van der Waals surface area (Å²) in [5.41, 5.74) is 6.00. The van der Waals surface area contributed by atoms with E-state index in [-0.39, 0.29) is 5.91 Å². The van der Waals surface area contributed by atoms with Gasteiger partial charge in [-0.15, -0.1) is 29.3 Å². The number of hydrogen-bond donors (Lipinski definition) is 1. The predicted octanol–water partition coefficient (Wildman–Crippen LogP) is 2.53. The lowest BCUT2D eigenvalue weighted by atomic mass is 10.3. The summed E-state index contributed by atoms with van der Waals surface area (Å²) in [7, 11) is 0. The maximum Gasteiger partial charge on any atom is 0.273 e. The molecule has 6 heteroatoms. The number of hydrogen-bond acceptors (Lipinski definition) is 5. The van der Waals surface area contributed by atoms with Crippen LogP contribution in [0.2, 0.25) is 0 Å². The highest BCUT2D eigenvalue weighted by Gasteiger charge is 2.18. The van der Waals surface area contributed by atoms with Gasteiger partial charge in [0.15, 0.2) is 0 Å². The monoisotopic (exact) mass is 307 g/mol. The van der Waals surface area contributed by atoms with Gasteiger partial charge < -0.3 is 10.6 Å². The summed E-state index contributed by atoms with van der Waals surface area (Å²) in [4.78, 5) is 19.7. The summed E-state index contributed by atoms with van der Waals surface area (Å²) in [6, 6.07) is 4.01. The topological polar surface area (TPSA) is 59.2 Å². The van der Waals surface area contributed by atoms with E-state index in [2.05, 4.69) is 11.6 Å². The van der Waals surface area contributed by atoms with E-state index in [1.165, 1.54) is 11.3 Å². The van der Waals surface area contributed by atoms with Crippen LogP contribution in [0.15, 0.2) is 35.5 Å².